The van der Waals surface area contributed by atoms with Crippen LogP contribution in [0.5, 0.6) is 5.75 Å². The molecule has 29 heavy (non-hydrogen) atoms. The molecule has 0 bridgehead atoms. The molecular weight excluding hydrogens is 394 g/mol. The number of oxazole rings is 1. The van der Waals surface area contributed by atoms with Crippen molar-refractivity contribution in [2.24, 2.45) is 5.73 Å². The summed E-state index contributed by atoms with van der Waals surface area (Å²) in [7, 11) is 0. The summed E-state index contributed by atoms with van der Waals surface area (Å²) in [6, 6.07) is 14.5. The van der Waals surface area contributed by atoms with Crippen molar-refractivity contribution >= 4 is 17.5 Å². The summed E-state index contributed by atoms with van der Waals surface area (Å²) in [4.78, 5) is 16.1. The average Bonchev–Trinajstić information content (AvgIpc) is 3.34. The van der Waals surface area contributed by atoms with Gasteiger partial charge in [0, 0.05) is 5.56 Å². The van der Waals surface area contributed by atoms with Crippen molar-refractivity contribution in [3.8, 4) is 28.5 Å². The monoisotopic (exact) mass is 409 g/mol. The van der Waals surface area contributed by atoms with Gasteiger partial charge in [-0.15, -0.1) is 0 Å². The van der Waals surface area contributed by atoms with Crippen molar-refractivity contribution < 1.29 is 13.9 Å². The van der Waals surface area contributed by atoms with Crippen LogP contribution in [0.3, 0.4) is 0 Å². The maximum atomic E-state index is 11.6. The molecule has 9 heteroatoms. The number of benzene rings is 2. The van der Waals surface area contributed by atoms with Gasteiger partial charge in [-0.3, -0.25) is 4.79 Å². The first-order valence-corrected chi connectivity index (χ1v) is 9.06. The molecule has 0 radical (unpaired) electrons. The molecule has 2 heterocycles. The van der Waals surface area contributed by atoms with E-state index in [1.807, 2.05) is 24.3 Å². The van der Waals surface area contributed by atoms with E-state index < -0.39 is 5.91 Å². The number of aromatic amines is 1. The fraction of sp³-hybridized carbons (Fsp3) is 0.100. The lowest BCUT2D eigenvalue weighted by Gasteiger charge is -2.09. The standard InChI is InChI=1S/C20H16ClN5O3/c1-11-15(23-20(29-11)12-6-2-4-8-14(12)21)10-28-16-9-5-3-7-13(16)17-18(19(22)27)25-26-24-17/h2-9H,10H2,1H3,(H2,22,27)(H,24,25,26). The van der Waals surface area contributed by atoms with Crippen molar-refractivity contribution in [2.75, 3.05) is 0 Å². The zero-order valence-electron chi connectivity index (χ0n) is 15.3. The first kappa shape index (κ1) is 18.7. The average molecular weight is 410 g/mol. The number of ether oxygens (including phenoxy) is 1. The highest BCUT2D eigenvalue weighted by atomic mass is 35.5. The highest BCUT2D eigenvalue weighted by molar-refractivity contribution is 6.33. The molecule has 2 aromatic heterocycles. The Bertz CT molecular complexity index is 1180. The summed E-state index contributed by atoms with van der Waals surface area (Å²) < 4.78 is 11.7. The number of nitrogens with zero attached hydrogens (tertiary/aromatic N) is 3. The third-order valence-corrected chi connectivity index (χ3v) is 4.61. The number of amides is 1. The van der Waals surface area contributed by atoms with Gasteiger partial charge in [-0.05, 0) is 31.2 Å². The lowest BCUT2D eigenvalue weighted by Crippen LogP contribution is -2.13. The van der Waals surface area contributed by atoms with E-state index in [4.69, 9.17) is 26.5 Å². The molecule has 8 nitrogen and oxygen atoms in total. The molecule has 0 fully saturated rings. The number of hydrogen-bond donors (Lipinski definition) is 2. The van der Waals surface area contributed by atoms with Crippen LogP contribution in [0.4, 0.5) is 0 Å². The number of aryl methyl sites for hydroxylation is 1. The van der Waals surface area contributed by atoms with E-state index in [9.17, 15) is 4.79 Å². The second-order valence-corrected chi connectivity index (χ2v) is 6.58. The normalized spacial score (nSPS) is 10.8. The van der Waals surface area contributed by atoms with Gasteiger partial charge in [0.2, 0.25) is 5.89 Å². The van der Waals surface area contributed by atoms with Gasteiger partial charge in [0.25, 0.3) is 5.91 Å². The highest BCUT2D eigenvalue weighted by Gasteiger charge is 2.19. The Kier molecular flexibility index (Phi) is 5.01. The van der Waals surface area contributed by atoms with E-state index in [2.05, 4.69) is 20.4 Å². The predicted molar refractivity (Wildman–Crippen MR) is 106 cm³/mol. The number of hydrogen-bond acceptors (Lipinski definition) is 6. The van der Waals surface area contributed by atoms with Crippen LogP contribution in [0.1, 0.15) is 21.9 Å². The molecule has 1 amide bonds. The van der Waals surface area contributed by atoms with Crippen molar-refractivity contribution in [2.45, 2.75) is 13.5 Å². The van der Waals surface area contributed by atoms with Crippen LogP contribution in [0.2, 0.25) is 5.02 Å². The first-order valence-electron chi connectivity index (χ1n) is 8.68. The van der Waals surface area contributed by atoms with Gasteiger partial charge in [0.1, 0.15) is 29.5 Å². The fourth-order valence-corrected chi connectivity index (χ4v) is 3.05. The van der Waals surface area contributed by atoms with Gasteiger partial charge in [0.05, 0.1) is 10.6 Å². The van der Waals surface area contributed by atoms with E-state index >= 15 is 0 Å². The zero-order chi connectivity index (χ0) is 20.4. The minimum Gasteiger partial charge on any atom is -0.486 e. The van der Waals surface area contributed by atoms with E-state index in [-0.39, 0.29) is 12.3 Å². The predicted octanol–water partition coefficient (Wildman–Crippen LogP) is 3.77. The van der Waals surface area contributed by atoms with Crippen LogP contribution >= 0.6 is 11.6 Å². The number of rotatable bonds is 6. The van der Waals surface area contributed by atoms with Gasteiger partial charge in [0.15, 0.2) is 5.69 Å². The van der Waals surface area contributed by atoms with Gasteiger partial charge in [-0.2, -0.15) is 15.4 Å². The number of nitrogens with two attached hydrogens (primary N) is 1. The van der Waals surface area contributed by atoms with Crippen molar-refractivity contribution in [1.82, 2.24) is 20.4 Å². The van der Waals surface area contributed by atoms with Gasteiger partial charge in [-0.1, -0.05) is 35.9 Å². The third kappa shape index (κ3) is 3.70. The summed E-state index contributed by atoms with van der Waals surface area (Å²) >= 11 is 6.23. The molecule has 0 aliphatic rings. The molecule has 146 valence electrons. The van der Waals surface area contributed by atoms with E-state index in [0.717, 1.165) is 0 Å². The topological polar surface area (TPSA) is 120 Å². The summed E-state index contributed by atoms with van der Waals surface area (Å²) in [5, 5.41) is 10.8. The van der Waals surface area contributed by atoms with Gasteiger partial charge in [-0.25, -0.2) is 4.98 Å². The number of H-pyrrole nitrogens is 1. The number of carbonyl (C=O) groups excluding carboxylic acids is 1. The molecule has 4 rings (SSSR count). The summed E-state index contributed by atoms with van der Waals surface area (Å²) in [5.74, 6) is 0.870. The van der Waals surface area contributed by atoms with Crippen LogP contribution in [-0.2, 0) is 6.61 Å². The molecular formula is C20H16ClN5O3. The second-order valence-electron chi connectivity index (χ2n) is 6.17. The number of nitrogens with one attached hydrogen (secondary N) is 1. The Morgan fingerprint density at radius 3 is 2.62 bits per heavy atom. The summed E-state index contributed by atoms with van der Waals surface area (Å²) in [5.41, 5.74) is 7.65. The highest BCUT2D eigenvalue weighted by Crippen LogP contribution is 2.32. The van der Waals surface area contributed by atoms with Crippen LogP contribution < -0.4 is 10.5 Å². The lowest BCUT2D eigenvalue weighted by molar-refractivity contribution is 0.0996. The van der Waals surface area contributed by atoms with Gasteiger partial charge < -0.3 is 14.9 Å². The fourth-order valence-electron chi connectivity index (χ4n) is 2.84. The Morgan fingerprint density at radius 2 is 1.86 bits per heavy atom. The summed E-state index contributed by atoms with van der Waals surface area (Å²) in [6.45, 7) is 1.96. The number of aromatic nitrogens is 4. The minimum atomic E-state index is -0.680. The molecule has 0 saturated heterocycles. The number of halogens is 1. The SMILES string of the molecule is Cc1oc(-c2ccccc2Cl)nc1COc1ccccc1-c1n[nH]nc1C(N)=O. The molecule has 0 spiro atoms. The number of primary amides is 1. The van der Waals surface area contributed by atoms with Crippen molar-refractivity contribution in [3.05, 3.63) is 70.7 Å². The Labute approximate surface area is 170 Å². The maximum Gasteiger partial charge on any atom is 0.271 e. The molecule has 0 atom stereocenters. The van der Waals surface area contributed by atoms with E-state index in [1.54, 1.807) is 31.2 Å². The molecule has 0 unspecified atom stereocenters. The number of para-hydroxylation sites is 1. The number of carbonyl (C=O) groups is 1. The molecule has 3 N–H and O–H groups in total. The molecule has 0 saturated carbocycles. The Balaban J connectivity index is 1.60. The van der Waals surface area contributed by atoms with Gasteiger partial charge >= 0.3 is 0 Å². The molecule has 2 aromatic carbocycles. The van der Waals surface area contributed by atoms with E-state index in [0.29, 0.717) is 44.9 Å². The zero-order valence-corrected chi connectivity index (χ0v) is 16.1. The van der Waals surface area contributed by atoms with Crippen LogP contribution in [0.25, 0.3) is 22.7 Å². The van der Waals surface area contributed by atoms with Crippen molar-refractivity contribution in [3.63, 3.8) is 0 Å². The smallest absolute Gasteiger partial charge is 0.271 e. The Hall–Kier alpha value is -3.65. The Morgan fingerprint density at radius 1 is 1.14 bits per heavy atom. The van der Waals surface area contributed by atoms with Crippen LogP contribution in [-0.4, -0.2) is 26.3 Å². The largest absolute Gasteiger partial charge is 0.486 e. The lowest BCUT2D eigenvalue weighted by atomic mass is 10.1. The quantitative estimate of drug-likeness (QED) is 0.500. The summed E-state index contributed by atoms with van der Waals surface area (Å²) in [6.07, 6.45) is 0. The minimum absolute atomic E-state index is 0.0414. The third-order valence-electron chi connectivity index (χ3n) is 4.28. The van der Waals surface area contributed by atoms with Crippen LogP contribution in [0, 0.1) is 6.92 Å². The molecule has 0 aliphatic heterocycles. The first-order chi connectivity index (χ1) is 14.0. The maximum absolute atomic E-state index is 11.6. The molecule has 0 aliphatic carbocycles. The van der Waals surface area contributed by atoms with E-state index in [1.165, 1.54) is 0 Å². The van der Waals surface area contributed by atoms with Crippen molar-refractivity contribution in [1.29, 1.82) is 0 Å². The van der Waals surface area contributed by atoms with Crippen LogP contribution in [0.15, 0.2) is 52.9 Å². The second kappa shape index (κ2) is 7.76. The molecule has 4 aromatic rings.